The van der Waals surface area contributed by atoms with E-state index in [0.717, 1.165) is 16.7 Å². The third-order valence-electron chi connectivity index (χ3n) is 7.38. The number of likely N-dealkylation sites (N-methyl/N-ethyl adjacent to an activating group) is 1. The van der Waals surface area contributed by atoms with Crippen LogP contribution in [0.25, 0.3) is 0 Å². The summed E-state index contributed by atoms with van der Waals surface area (Å²) in [6.45, 7) is 0.748. The van der Waals surface area contributed by atoms with Crippen LogP contribution in [0.4, 0.5) is 9.18 Å². The van der Waals surface area contributed by atoms with Gasteiger partial charge in [-0.1, -0.05) is 54.6 Å². The molecule has 3 aromatic carbocycles. The quantitative estimate of drug-likeness (QED) is 0.476. The molecular formula is C30H32FN5O4. The fraction of sp³-hybridized carbons (Fsp3) is 0.300. The van der Waals surface area contributed by atoms with Gasteiger partial charge in [0, 0.05) is 26.6 Å². The van der Waals surface area contributed by atoms with Crippen molar-refractivity contribution in [2.75, 3.05) is 26.7 Å². The lowest BCUT2D eigenvalue weighted by atomic mass is 9.98. The normalized spacial score (nSPS) is 19.5. The molecule has 10 heteroatoms. The first-order valence-corrected chi connectivity index (χ1v) is 13.2. The van der Waals surface area contributed by atoms with E-state index in [-0.39, 0.29) is 48.9 Å². The van der Waals surface area contributed by atoms with Crippen molar-refractivity contribution >= 4 is 17.8 Å². The lowest BCUT2D eigenvalue weighted by Gasteiger charge is -2.54. The Morgan fingerprint density at radius 1 is 0.950 bits per heavy atom. The van der Waals surface area contributed by atoms with Crippen molar-refractivity contribution in [2.24, 2.45) is 0 Å². The number of aromatic hydroxyl groups is 1. The number of hydrazine groups is 1. The van der Waals surface area contributed by atoms with Gasteiger partial charge in [0.1, 0.15) is 23.8 Å². The van der Waals surface area contributed by atoms with E-state index in [9.17, 15) is 23.9 Å². The zero-order valence-corrected chi connectivity index (χ0v) is 22.2. The number of phenolic OH excluding ortho intramolecular Hbond substituents is 1. The highest BCUT2D eigenvalue weighted by atomic mass is 19.1. The van der Waals surface area contributed by atoms with Crippen LogP contribution >= 0.6 is 0 Å². The molecule has 2 saturated heterocycles. The Morgan fingerprint density at radius 3 is 2.33 bits per heavy atom. The number of phenols is 1. The average molecular weight is 546 g/mol. The molecule has 0 aliphatic carbocycles. The molecule has 2 atom stereocenters. The van der Waals surface area contributed by atoms with Crippen molar-refractivity contribution in [3.63, 3.8) is 0 Å². The van der Waals surface area contributed by atoms with E-state index in [0.29, 0.717) is 19.5 Å². The number of halogens is 1. The van der Waals surface area contributed by atoms with Gasteiger partial charge in [0.15, 0.2) is 0 Å². The first kappa shape index (κ1) is 27.1. The van der Waals surface area contributed by atoms with Crippen LogP contribution in [0.1, 0.15) is 16.7 Å². The predicted molar refractivity (Wildman–Crippen MR) is 146 cm³/mol. The molecular weight excluding hydrogens is 513 g/mol. The topological polar surface area (TPSA) is 96.4 Å². The van der Waals surface area contributed by atoms with Crippen molar-refractivity contribution in [3.8, 4) is 5.75 Å². The van der Waals surface area contributed by atoms with Crippen molar-refractivity contribution < 1.29 is 23.9 Å². The summed E-state index contributed by atoms with van der Waals surface area (Å²) >= 11 is 0. The maximum atomic E-state index is 13.8. The number of amides is 4. The van der Waals surface area contributed by atoms with Crippen LogP contribution < -0.4 is 5.32 Å². The molecule has 3 aromatic rings. The standard InChI is InChI=1S/C30H32FN5O4/c1-33-20-28(38)35-26(17-22-9-13-25(37)14-10-22)29(39)34(16-15-21-7-11-24(31)12-8-21)19-27(35)36(33)30(40)32-18-23-5-3-2-4-6-23/h2-14,26-27,37H,15-20H2,1H3,(H,32,40)/t26-,27-/m0/s1. The van der Waals surface area contributed by atoms with E-state index in [4.69, 9.17) is 0 Å². The van der Waals surface area contributed by atoms with Gasteiger partial charge in [-0.05, 0) is 47.4 Å². The molecule has 0 unspecified atom stereocenters. The van der Waals surface area contributed by atoms with Crippen molar-refractivity contribution in [3.05, 3.63) is 101 Å². The molecule has 40 heavy (non-hydrogen) atoms. The second-order valence-corrected chi connectivity index (χ2v) is 10.1. The SMILES string of the molecule is CN1CC(=O)N2[C@@H](Cc3ccc(O)cc3)C(=O)N(CCc3ccc(F)cc3)C[C@@H]2N1C(=O)NCc1ccccc1. The molecule has 2 aliphatic heterocycles. The summed E-state index contributed by atoms with van der Waals surface area (Å²) in [6.07, 6.45) is 0.0155. The Bertz CT molecular complexity index is 1350. The molecule has 0 aromatic heterocycles. The molecule has 2 fully saturated rings. The van der Waals surface area contributed by atoms with Gasteiger partial charge < -0.3 is 20.2 Å². The van der Waals surface area contributed by atoms with Gasteiger partial charge in [-0.3, -0.25) is 9.59 Å². The van der Waals surface area contributed by atoms with Gasteiger partial charge in [0.25, 0.3) is 0 Å². The second kappa shape index (κ2) is 11.7. The smallest absolute Gasteiger partial charge is 0.334 e. The van der Waals surface area contributed by atoms with Crippen LogP contribution in [-0.4, -0.2) is 81.7 Å². The van der Waals surface area contributed by atoms with Crippen LogP contribution in [0.5, 0.6) is 5.75 Å². The summed E-state index contributed by atoms with van der Waals surface area (Å²) in [5.41, 5.74) is 2.59. The first-order chi connectivity index (χ1) is 19.3. The lowest BCUT2D eigenvalue weighted by molar-refractivity contribution is -0.186. The summed E-state index contributed by atoms with van der Waals surface area (Å²) < 4.78 is 13.4. The Kier molecular flexibility index (Phi) is 7.97. The first-order valence-electron chi connectivity index (χ1n) is 13.2. The summed E-state index contributed by atoms with van der Waals surface area (Å²) in [6, 6.07) is 21.0. The number of carbonyl (C=O) groups excluding carboxylic acids is 3. The maximum absolute atomic E-state index is 13.8. The van der Waals surface area contributed by atoms with Crippen LogP contribution in [-0.2, 0) is 29.0 Å². The Labute approximate surface area is 232 Å². The number of benzene rings is 3. The molecule has 0 bridgehead atoms. The molecule has 208 valence electrons. The molecule has 5 rings (SSSR count). The predicted octanol–water partition coefficient (Wildman–Crippen LogP) is 2.75. The highest BCUT2D eigenvalue weighted by Crippen LogP contribution is 2.28. The summed E-state index contributed by atoms with van der Waals surface area (Å²) in [5.74, 6) is -0.679. The minimum Gasteiger partial charge on any atom is -0.508 e. The van der Waals surface area contributed by atoms with Gasteiger partial charge in [0.05, 0.1) is 13.1 Å². The highest BCUT2D eigenvalue weighted by molar-refractivity contribution is 5.91. The van der Waals surface area contributed by atoms with E-state index in [1.165, 1.54) is 22.0 Å². The largest absolute Gasteiger partial charge is 0.508 e. The van der Waals surface area contributed by atoms with E-state index in [2.05, 4.69) is 5.32 Å². The number of nitrogens with one attached hydrogen (secondary N) is 1. The molecule has 2 N–H and O–H groups in total. The number of nitrogens with zero attached hydrogens (tertiary/aromatic N) is 4. The average Bonchev–Trinajstić information content (AvgIpc) is 2.95. The summed E-state index contributed by atoms with van der Waals surface area (Å²) in [4.78, 5) is 43.9. The third-order valence-corrected chi connectivity index (χ3v) is 7.38. The number of piperazine rings is 1. The zero-order valence-electron chi connectivity index (χ0n) is 22.2. The molecule has 4 amide bonds. The van der Waals surface area contributed by atoms with E-state index in [1.54, 1.807) is 53.4 Å². The Morgan fingerprint density at radius 2 is 1.62 bits per heavy atom. The lowest BCUT2D eigenvalue weighted by Crippen LogP contribution is -2.76. The zero-order chi connectivity index (χ0) is 28.2. The maximum Gasteiger partial charge on any atom is 0.334 e. The molecule has 0 saturated carbocycles. The van der Waals surface area contributed by atoms with E-state index >= 15 is 0 Å². The van der Waals surface area contributed by atoms with Crippen LogP contribution in [0.2, 0.25) is 0 Å². The summed E-state index contributed by atoms with van der Waals surface area (Å²) in [7, 11) is 1.69. The van der Waals surface area contributed by atoms with Crippen LogP contribution in [0.15, 0.2) is 78.9 Å². The number of carbonyl (C=O) groups is 3. The molecule has 9 nitrogen and oxygen atoms in total. The van der Waals surface area contributed by atoms with Gasteiger partial charge in [0.2, 0.25) is 11.8 Å². The van der Waals surface area contributed by atoms with Gasteiger partial charge >= 0.3 is 6.03 Å². The van der Waals surface area contributed by atoms with Crippen LogP contribution in [0, 0.1) is 5.82 Å². The van der Waals surface area contributed by atoms with E-state index < -0.39 is 12.2 Å². The Hall–Kier alpha value is -4.44. The minimum atomic E-state index is -0.831. The van der Waals surface area contributed by atoms with Crippen molar-refractivity contribution in [1.29, 1.82) is 0 Å². The number of rotatable bonds is 7. The molecule has 2 heterocycles. The molecule has 2 aliphatic rings. The molecule has 0 radical (unpaired) electrons. The fourth-order valence-electron chi connectivity index (χ4n) is 5.33. The van der Waals surface area contributed by atoms with E-state index in [1.807, 2.05) is 30.3 Å². The number of hydrogen-bond acceptors (Lipinski definition) is 5. The Balaban J connectivity index is 1.42. The number of hydrogen-bond donors (Lipinski definition) is 2. The van der Waals surface area contributed by atoms with Gasteiger partial charge in [-0.15, -0.1) is 0 Å². The third kappa shape index (κ3) is 5.91. The van der Waals surface area contributed by atoms with Gasteiger partial charge in [-0.2, -0.15) is 0 Å². The fourth-order valence-corrected chi connectivity index (χ4v) is 5.33. The molecule has 0 spiro atoms. The van der Waals surface area contributed by atoms with Gasteiger partial charge in [-0.25, -0.2) is 19.2 Å². The second-order valence-electron chi connectivity index (χ2n) is 10.1. The summed E-state index contributed by atoms with van der Waals surface area (Å²) in [5, 5.41) is 15.8. The highest BCUT2D eigenvalue weighted by Gasteiger charge is 2.50. The number of urea groups is 1. The monoisotopic (exact) mass is 545 g/mol. The van der Waals surface area contributed by atoms with Crippen molar-refractivity contribution in [2.45, 2.75) is 31.6 Å². The van der Waals surface area contributed by atoms with Crippen LogP contribution in [0.3, 0.4) is 0 Å². The van der Waals surface area contributed by atoms with Crippen molar-refractivity contribution in [1.82, 2.24) is 25.1 Å². The minimum absolute atomic E-state index is 0.0514. The number of fused-ring (bicyclic) bond motifs is 1.